The summed E-state index contributed by atoms with van der Waals surface area (Å²) < 4.78 is 0. The second kappa shape index (κ2) is 8.11. The first-order valence-electron chi connectivity index (χ1n) is 8.53. The molecule has 0 N–H and O–H groups in total. The van der Waals surface area contributed by atoms with E-state index in [0.29, 0.717) is 11.6 Å². The second-order valence-electron chi connectivity index (χ2n) is 6.20. The highest BCUT2D eigenvalue weighted by atomic mass is 16.2. The fourth-order valence-corrected chi connectivity index (χ4v) is 2.85. The molecule has 2 heterocycles. The van der Waals surface area contributed by atoms with E-state index in [2.05, 4.69) is 35.6 Å². The summed E-state index contributed by atoms with van der Waals surface area (Å²) in [6.07, 6.45) is 5.98. The Labute approximate surface area is 133 Å². The van der Waals surface area contributed by atoms with Crippen molar-refractivity contribution in [1.82, 2.24) is 14.9 Å². The molecule has 0 spiro atoms. The van der Waals surface area contributed by atoms with Gasteiger partial charge >= 0.3 is 0 Å². The van der Waals surface area contributed by atoms with Crippen molar-refractivity contribution in [2.45, 2.75) is 46.5 Å². The van der Waals surface area contributed by atoms with Crippen molar-refractivity contribution < 1.29 is 4.79 Å². The molecule has 0 bridgehead atoms. The van der Waals surface area contributed by atoms with E-state index in [9.17, 15) is 4.79 Å². The van der Waals surface area contributed by atoms with E-state index < -0.39 is 0 Å². The fourth-order valence-electron chi connectivity index (χ4n) is 2.85. The first kappa shape index (κ1) is 16.7. The Hall–Kier alpha value is -1.65. The van der Waals surface area contributed by atoms with Gasteiger partial charge in [-0.1, -0.05) is 20.8 Å². The van der Waals surface area contributed by atoms with E-state index in [1.54, 1.807) is 12.3 Å². The molecule has 0 atom stereocenters. The van der Waals surface area contributed by atoms with Crippen molar-refractivity contribution in [1.29, 1.82) is 0 Å². The summed E-state index contributed by atoms with van der Waals surface area (Å²) in [7, 11) is 0. The summed E-state index contributed by atoms with van der Waals surface area (Å²) in [6.45, 7) is 10.00. The lowest BCUT2D eigenvalue weighted by atomic mass is 10.00. The maximum absolute atomic E-state index is 12.6. The topological polar surface area (TPSA) is 49.3 Å². The Morgan fingerprint density at radius 3 is 2.50 bits per heavy atom. The predicted octanol–water partition coefficient (Wildman–Crippen LogP) is 2.98. The van der Waals surface area contributed by atoms with Crippen LogP contribution < -0.4 is 4.90 Å². The lowest BCUT2D eigenvalue weighted by Gasteiger charge is -2.30. The zero-order valence-corrected chi connectivity index (χ0v) is 14.1. The van der Waals surface area contributed by atoms with Crippen LogP contribution >= 0.6 is 0 Å². The minimum atomic E-state index is 0.0257. The van der Waals surface area contributed by atoms with Crippen LogP contribution in [0.4, 0.5) is 5.95 Å². The van der Waals surface area contributed by atoms with Crippen molar-refractivity contribution in [3.8, 4) is 0 Å². The number of rotatable bonds is 6. The van der Waals surface area contributed by atoms with Crippen molar-refractivity contribution in [3.05, 3.63) is 18.0 Å². The Morgan fingerprint density at radius 2 is 1.91 bits per heavy atom. The van der Waals surface area contributed by atoms with Gasteiger partial charge in [0.2, 0.25) is 5.95 Å². The summed E-state index contributed by atoms with van der Waals surface area (Å²) in [5, 5.41) is 0. The standard InChI is InChI=1S/C17H28N4O/c1-4-10-20(11-5-2)16(22)15-6-9-18-17(19-15)21-12-7-14(3)8-13-21/h6,9,14H,4-5,7-8,10-13H2,1-3H3. The molecule has 1 fully saturated rings. The molecule has 1 aromatic heterocycles. The average Bonchev–Trinajstić information content (AvgIpc) is 2.55. The van der Waals surface area contributed by atoms with Crippen LogP contribution in [-0.4, -0.2) is 47.0 Å². The van der Waals surface area contributed by atoms with E-state index in [-0.39, 0.29) is 5.91 Å². The van der Waals surface area contributed by atoms with Crippen LogP contribution in [0.3, 0.4) is 0 Å². The fraction of sp³-hybridized carbons (Fsp3) is 0.706. The molecule has 22 heavy (non-hydrogen) atoms. The highest BCUT2D eigenvalue weighted by molar-refractivity contribution is 5.92. The van der Waals surface area contributed by atoms with Gasteiger partial charge in [-0.2, -0.15) is 0 Å². The van der Waals surface area contributed by atoms with Gasteiger partial charge in [-0.05, 0) is 37.7 Å². The third-order valence-electron chi connectivity index (χ3n) is 4.20. The molecule has 1 aliphatic heterocycles. The third-order valence-corrected chi connectivity index (χ3v) is 4.20. The first-order chi connectivity index (χ1) is 10.7. The van der Waals surface area contributed by atoms with Crippen molar-refractivity contribution in [2.24, 2.45) is 5.92 Å². The molecule has 2 rings (SSSR count). The van der Waals surface area contributed by atoms with Crippen molar-refractivity contribution in [2.75, 3.05) is 31.1 Å². The number of carbonyl (C=O) groups is 1. The van der Waals surface area contributed by atoms with Gasteiger partial charge in [0.25, 0.3) is 5.91 Å². The van der Waals surface area contributed by atoms with Gasteiger partial charge in [-0.15, -0.1) is 0 Å². The van der Waals surface area contributed by atoms with E-state index >= 15 is 0 Å². The van der Waals surface area contributed by atoms with Crippen LogP contribution in [0.2, 0.25) is 0 Å². The highest BCUT2D eigenvalue weighted by Crippen LogP contribution is 2.20. The molecule has 0 unspecified atom stereocenters. The lowest BCUT2D eigenvalue weighted by molar-refractivity contribution is 0.0749. The van der Waals surface area contributed by atoms with Crippen LogP contribution in [-0.2, 0) is 0 Å². The molecule has 1 amide bonds. The molecule has 1 aliphatic rings. The number of amides is 1. The van der Waals surface area contributed by atoms with Gasteiger partial charge in [-0.25, -0.2) is 9.97 Å². The molecule has 0 radical (unpaired) electrons. The van der Waals surface area contributed by atoms with Crippen molar-refractivity contribution in [3.63, 3.8) is 0 Å². The number of aromatic nitrogens is 2. The van der Waals surface area contributed by atoms with Gasteiger partial charge in [0.1, 0.15) is 5.69 Å². The smallest absolute Gasteiger partial charge is 0.272 e. The summed E-state index contributed by atoms with van der Waals surface area (Å²) in [5.41, 5.74) is 0.519. The maximum Gasteiger partial charge on any atom is 0.272 e. The monoisotopic (exact) mass is 304 g/mol. The van der Waals surface area contributed by atoms with Gasteiger partial charge in [-0.3, -0.25) is 4.79 Å². The second-order valence-corrected chi connectivity index (χ2v) is 6.20. The predicted molar refractivity (Wildman–Crippen MR) is 89.1 cm³/mol. The number of hydrogen-bond acceptors (Lipinski definition) is 4. The number of hydrogen-bond donors (Lipinski definition) is 0. The van der Waals surface area contributed by atoms with Gasteiger partial charge in [0.15, 0.2) is 0 Å². The summed E-state index contributed by atoms with van der Waals surface area (Å²) in [4.78, 5) is 25.6. The highest BCUT2D eigenvalue weighted by Gasteiger charge is 2.21. The molecular formula is C17H28N4O. The number of piperidine rings is 1. The van der Waals surface area contributed by atoms with Crippen LogP contribution in [0.1, 0.15) is 56.9 Å². The molecule has 0 saturated carbocycles. The van der Waals surface area contributed by atoms with Gasteiger partial charge in [0.05, 0.1) is 0 Å². The zero-order chi connectivity index (χ0) is 15.9. The quantitative estimate of drug-likeness (QED) is 0.810. The first-order valence-corrected chi connectivity index (χ1v) is 8.53. The van der Waals surface area contributed by atoms with E-state index in [0.717, 1.165) is 44.9 Å². The Balaban J connectivity index is 2.11. The molecule has 0 aliphatic carbocycles. The third kappa shape index (κ3) is 4.18. The zero-order valence-electron chi connectivity index (χ0n) is 14.1. The maximum atomic E-state index is 12.6. The van der Waals surface area contributed by atoms with Crippen LogP contribution in [0, 0.1) is 5.92 Å². The number of carbonyl (C=O) groups excluding carboxylic acids is 1. The lowest BCUT2D eigenvalue weighted by Crippen LogP contribution is -2.36. The largest absolute Gasteiger partial charge is 0.341 e. The molecule has 1 saturated heterocycles. The van der Waals surface area contributed by atoms with Gasteiger partial charge in [0, 0.05) is 32.4 Å². The minimum absolute atomic E-state index is 0.0257. The summed E-state index contributed by atoms with van der Waals surface area (Å²) in [5.74, 6) is 1.49. The molecule has 0 aromatic carbocycles. The van der Waals surface area contributed by atoms with Crippen molar-refractivity contribution >= 4 is 11.9 Å². The van der Waals surface area contributed by atoms with Crippen LogP contribution in [0.5, 0.6) is 0 Å². The Kier molecular flexibility index (Phi) is 6.16. The molecule has 1 aromatic rings. The van der Waals surface area contributed by atoms with Gasteiger partial charge < -0.3 is 9.80 Å². The summed E-state index contributed by atoms with van der Waals surface area (Å²) in [6, 6.07) is 1.73. The minimum Gasteiger partial charge on any atom is -0.341 e. The number of anilines is 1. The van der Waals surface area contributed by atoms with E-state index in [1.165, 1.54) is 12.8 Å². The normalized spacial score (nSPS) is 15.9. The van der Waals surface area contributed by atoms with E-state index in [1.807, 2.05) is 4.90 Å². The molecule has 122 valence electrons. The molecular weight excluding hydrogens is 276 g/mol. The Morgan fingerprint density at radius 1 is 1.27 bits per heavy atom. The number of nitrogens with zero attached hydrogens (tertiary/aromatic N) is 4. The van der Waals surface area contributed by atoms with Crippen LogP contribution in [0.15, 0.2) is 12.3 Å². The molecule has 5 nitrogen and oxygen atoms in total. The summed E-state index contributed by atoms with van der Waals surface area (Å²) >= 11 is 0. The molecule has 5 heteroatoms. The Bertz CT molecular complexity index is 477. The average molecular weight is 304 g/mol. The van der Waals surface area contributed by atoms with E-state index in [4.69, 9.17) is 0 Å². The SMILES string of the molecule is CCCN(CCC)C(=O)c1ccnc(N2CCC(C)CC2)n1. The van der Waals surface area contributed by atoms with Crippen LogP contribution in [0.25, 0.3) is 0 Å².